The van der Waals surface area contributed by atoms with Gasteiger partial charge in [0.25, 0.3) is 0 Å². The SMILES string of the molecule is COC(=O)c1cc(C(=O)OC)cc(-n2c(C)cc(C(=O)COC(=O)Cc3cccs3)c2C)c1. The van der Waals surface area contributed by atoms with Gasteiger partial charge in [0.1, 0.15) is 0 Å². The Morgan fingerprint density at radius 1 is 0.939 bits per heavy atom. The van der Waals surface area contributed by atoms with Crippen molar-refractivity contribution in [1.82, 2.24) is 4.57 Å². The van der Waals surface area contributed by atoms with Crippen molar-refractivity contribution in [2.45, 2.75) is 20.3 Å². The maximum atomic E-state index is 12.8. The summed E-state index contributed by atoms with van der Waals surface area (Å²) in [7, 11) is 2.49. The van der Waals surface area contributed by atoms with Gasteiger partial charge in [-0.25, -0.2) is 9.59 Å². The number of carbonyl (C=O) groups excluding carboxylic acids is 4. The highest BCUT2D eigenvalue weighted by Crippen LogP contribution is 2.24. The summed E-state index contributed by atoms with van der Waals surface area (Å²) in [6.07, 6.45) is 0.112. The van der Waals surface area contributed by atoms with E-state index in [2.05, 4.69) is 0 Å². The molecule has 0 spiro atoms. The fraction of sp³-hybridized carbons (Fsp3) is 0.250. The number of ether oxygens (including phenoxy) is 3. The third-order valence-electron chi connectivity index (χ3n) is 5.01. The Labute approximate surface area is 194 Å². The quantitative estimate of drug-likeness (QED) is 0.282. The van der Waals surface area contributed by atoms with Gasteiger partial charge < -0.3 is 18.8 Å². The first-order chi connectivity index (χ1) is 15.7. The fourth-order valence-electron chi connectivity index (χ4n) is 3.48. The number of carbonyl (C=O) groups is 4. The molecule has 0 saturated carbocycles. The minimum atomic E-state index is -0.613. The van der Waals surface area contributed by atoms with Gasteiger partial charge >= 0.3 is 17.9 Å². The monoisotopic (exact) mass is 469 g/mol. The Kier molecular flexibility index (Phi) is 7.44. The number of aromatic nitrogens is 1. The lowest BCUT2D eigenvalue weighted by Crippen LogP contribution is -2.16. The van der Waals surface area contributed by atoms with E-state index in [1.165, 1.54) is 31.6 Å². The van der Waals surface area contributed by atoms with Crippen LogP contribution in [0.15, 0.2) is 41.8 Å². The van der Waals surface area contributed by atoms with Gasteiger partial charge in [-0.15, -0.1) is 11.3 Å². The maximum absolute atomic E-state index is 12.8. The largest absolute Gasteiger partial charge is 0.465 e. The Balaban J connectivity index is 1.88. The molecular formula is C24H23NO7S. The number of methoxy groups -OCH3 is 2. The van der Waals surface area contributed by atoms with Crippen molar-refractivity contribution >= 4 is 35.0 Å². The van der Waals surface area contributed by atoms with E-state index >= 15 is 0 Å². The van der Waals surface area contributed by atoms with E-state index < -0.39 is 17.9 Å². The molecule has 0 bridgehead atoms. The summed E-state index contributed by atoms with van der Waals surface area (Å²) in [4.78, 5) is 49.9. The molecule has 0 fully saturated rings. The van der Waals surface area contributed by atoms with Gasteiger partial charge in [0.05, 0.1) is 31.8 Å². The van der Waals surface area contributed by atoms with Gasteiger partial charge in [-0.2, -0.15) is 0 Å². The number of hydrogen-bond donors (Lipinski definition) is 0. The van der Waals surface area contributed by atoms with Gasteiger partial charge in [0.15, 0.2) is 6.61 Å². The molecule has 2 heterocycles. The predicted octanol–water partition coefficient (Wildman–Crippen LogP) is 3.70. The zero-order valence-electron chi connectivity index (χ0n) is 18.7. The van der Waals surface area contributed by atoms with Crippen LogP contribution in [0.4, 0.5) is 0 Å². The number of hydrogen-bond acceptors (Lipinski definition) is 8. The lowest BCUT2D eigenvalue weighted by atomic mass is 10.1. The Morgan fingerprint density at radius 3 is 2.12 bits per heavy atom. The lowest BCUT2D eigenvalue weighted by molar-refractivity contribution is -0.141. The second kappa shape index (κ2) is 10.3. The molecular weight excluding hydrogens is 446 g/mol. The highest BCUT2D eigenvalue weighted by atomic mass is 32.1. The second-order valence-corrected chi connectivity index (χ2v) is 8.24. The summed E-state index contributed by atoms with van der Waals surface area (Å²) in [6, 6.07) is 9.85. The fourth-order valence-corrected chi connectivity index (χ4v) is 4.17. The van der Waals surface area contributed by atoms with Gasteiger partial charge in [-0.1, -0.05) is 6.07 Å². The van der Waals surface area contributed by atoms with Gasteiger partial charge in [0.2, 0.25) is 5.78 Å². The second-order valence-electron chi connectivity index (χ2n) is 7.21. The first-order valence-corrected chi connectivity index (χ1v) is 10.8. The average Bonchev–Trinajstić information content (AvgIpc) is 3.42. The molecule has 2 aromatic heterocycles. The Hall–Kier alpha value is -3.72. The molecule has 0 atom stereocenters. The molecule has 0 unspecified atom stereocenters. The first-order valence-electron chi connectivity index (χ1n) is 9.97. The van der Waals surface area contributed by atoms with Gasteiger partial charge in [0, 0.05) is 27.5 Å². The van der Waals surface area contributed by atoms with Crippen LogP contribution in [-0.2, 0) is 25.4 Å². The molecule has 0 saturated heterocycles. The van der Waals surface area contributed by atoms with Crippen molar-refractivity contribution in [3.63, 3.8) is 0 Å². The number of thiophene rings is 1. The minimum Gasteiger partial charge on any atom is -0.465 e. The first kappa shape index (κ1) is 23.9. The summed E-state index contributed by atoms with van der Waals surface area (Å²) >= 11 is 1.44. The van der Waals surface area contributed by atoms with Crippen LogP contribution in [0.3, 0.4) is 0 Å². The average molecular weight is 470 g/mol. The van der Waals surface area contributed by atoms with Crippen LogP contribution in [0, 0.1) is 13.8 Å². The molecule has 1 aromatic carbocycles. The van der Waals surface area contributed by atoms with E-state index in [-0.39, 0.29) is 29.9 Å². The number of benzene rings is 1. The van der Waals surface area contributed by atoms with Crippen LogP contribution in [-0.4, -0.2) is 49.1 Å². The zero-order chi connectivity index (χ0) is 24.1. The molecule has 3 aromatic rings. The number of esters is 3. The number of rotatable bonds is 8. The molecule has 33 heavy (non-hydrogen) atoms. The van der Waals surface area contributed by atoms with Crippen molar-refractivity contribution < 1.29 is 33.4 Å². The summed E-state index contributed by atoms with van der Waals surface area (Å²) in [5.41, 5.74) is 2.46. The Morgan fingerprint density at radius 2 is 1.58 bits per heavy atom. The standard InChI is InChI=1S/C24H23NO7S/c1-14-8-20(21(26)13-32-22(27)12-19-6-5-7-33-19)15(2)25(14)18-10-16(23(28)30-3)9-17(11-18)24(29)31-4/h5-11H,12-13H2,1-4H3. The van der Waals surface area contributed by atoms with Crippen molar-refractivity contribution in [1.29, 1.82) is 0 Å². The molecule has 0 N–H and O–H groups in total. The van der Waals surface area contributed by atoms with E-state index in [9.17, 15) is 19.2 Å². The topological polar surface area (TPSA) is 101 Å². The van der Waals surface area contributed by atoms with Crippen LogP contribution in [0.5, 0.6) is 0 Å². The molecule has 8 nitrogen and oxygen atoms in total. The van der Waals surface area contributed by atoms with E-state index in [0.29, 0.717) is 22.6 Å². The van der Waals surface area contributed by atoms with Crippen LogP contribution in [0.25, 0.3) is 5.69 Å². The highest BCUT2D eigenvalue weighted by molar-refractivity contribution is 7.10. The summed E-state index contributed by atoms with van der Waals surface area (Å²) in [5, 5.41) is 1.86. The lowest BCUT2D eigenvalue weighted by Gasteiger charge is -2.13. The van der Waals surface area contributed by atoms with E-state index in [4.69, 9.17) is 14.2 Å². The molecule has 0 aliphatic rings. The Bertz CT molecular complexity index is 1170. The van der Waals surface area contributed by atoms with Crippen molar-refractivity contribution in [2.24, 2.45) is 0 Å². The van der Waals surface area contributed by atoms with Gasteiger partial charge in [-0.3, -0.25) is 9.59 Å². The van der Waals surface area contributed by atoms with Crippen molar-refractivity contribution in [3.8, 4) is 5.69 Å². The predicted molar refractivity (Wildman–Crippen MR) is 121 cm³/mol. The third-order valence-corrected chi connectivity index (χ3v) is 5.89. The number of Topliss-reactive ketones (excluding diaryl/α,β-unsaturated/α-hetero) is 1. The number of aryl methyl sites for hydroxylation is 1. The summed E-state index contributed by atoms with van der Waals surface area (Å²) in [6.45, 7) is 3.13. The minimum absolute atomic E-state index is 0.112. The normalized spacial score (nSPS) is 10.5. The van der Waals surface area contributed by atoms with E-state index in [1.54, 1.807) is 36.6 Å². The van der Waals surface area contributed by atoms with Crippen LogP contribution in [0.2, 0.25) is 0 Å². The summed E-state index contributed by atoms with van der Waals surface area (Å²) in [5.74, 6) is -2.06. The molecule has 0 radical (unpaired) electrons. The maximum Gasteiger partial charge on any atom is 0.337 e. The van der Waals surface area contributed by atoms with Crippen molar-refractivity contribution in [2.75, 3.05) is 20.8 Å². The van der Waals surface area contributed by atoms with E-state index in [1.807, 2.05) is 17.5 Å². The number of ketones is 1. The molecule has 172 valence electrons. The molecule has 3 rings (SSSR count). The van der Waals surface area contributed by atoms with Crippen LogP contribution in [0.1, 0.15) is 47.3 Å². The van der Waals surface area contributed by atoms with Crippen LogP contribution < -0.4 is 0 Å². The van der Waals surface area contributed by atoms with E-state index in [0.717, 1.165) is 4.88 Å². The molecule has 0 aliphatic heterocycles. The summed E-state index contributed by atoms with van der Waals surface area (Å²) < 4.78 is 16.5. The zero-order valence-corrected chi connectivity index (χ0v) is 19.5. The number of nitrogens with zero attached hydrogens (tertiary/aromatic N) is 1. The molecule has 0 aliphatic carbocycles. The van der Waals surface area contributed by atoms with Crippen molar-refractivity contribution in [3.05, 3.63) is 74.7 Å². The molecule has 0 amide bonds. The highest BCUT2D eigenvalue weighted by Gasteiger charge is 2.21. The van der Waals surface area contributed by atoms with Crippen LogP contribution >= 0.6 is 11.3 Å². The smallest absolute Gasteiger partial charge is 0.337 e. The molecule has 9 heteroatoms. The third kappa shape index (κ3) is 5.38. The van der Waals surface area contributed by atoms with Gasteiger partial charge in [-0.05, 0) is 49.6 Å².